The molecule has 0 amide bonds. The van der Waals surface area contributed by atoms with Crippen molar-refractivity contribution in [2.24, 2.45) is 0 Å². The third-order valence-corrected chi connectivity index (χ3v) is 4.39. The van der Waals surface area contributed by atoms with Crippen molar-refractivity contribution in [3.05, 3.63) is 30.3 Å². The predicted octanol–water partition coefficient (Wildman–Crippen LogP) is 1.93. The van der Waals surface area contributed by atoms with E-state index < -0.39 is 11.2 Å². The van der Waals surface area contributed by atoms with Crippen LogP contribution in [-0.4, -0.2) is 57.1 Å². The Bertz CT molecular complexity index is 466. The maximum absolute atomic E-state index is 6.22. The highest BCUT2D eigenvalue weighted by Crippen LogP contribution is 2.37. The molecule has 0 N–H and O–H groups in total. The highest BCUT2D eigenvalue weighted by molar-refractivity contribution is 6.62. The van der Waals surface area contributed by atoms with Crippen molar-refractivity contribution in [2.45, 2.75) is 38.4 Å². The van der Waals surface area contributed by atoms with Gasteiger partial charge in [-0.3, -0.25) is 0 Å². The quantitative estimate of drug-likeness (QED) is 0.569. The Morgan fingerprint density at radius 3 is 2.41 bits per heavy atom. The Morgan fingerprint density at radius 2 is 1.77 bits per heavy atom. The highest BCUT2D eigenvalue weighted by Gasteiger charge is 2.54. The van der Waals surface area contributed by atoms with Gasteiger partial charge >= 0.3 is 7.12 Å². The SMILES string of the molecule is CN(C)CCCOCC1(C)OB(c2ccccc2)OC1(C)C. The zero-order chi connectivity index (χ0) is 16.2. The van der Waals surface area contributed by atoms with Crippen molar-refractivity contribution in [3.63, 3.8) is 0 Å². The van der Waals surface area contributed by atoms with E-state index in [1.165, 1.54) is 0 Å². The molecule has 0 aromatic heterocycles. The predicted molar refractivity (Wildman–Crippen MR) is 90.5 cm³/mol. The van der Waals surface area contributed by atoms with E-state index in [0.29, 0.717) is 6.61 Å². The first-order valence-electron chi connectivity index (χ1n) is 7.97. The second kappa shape index (κ2) is 7.13. The molecule has 2 rings (SSSR count). The van der Waals surface area contributed by atoms with Crippen LogP contribution in [0.15, 0.2) is 30.3 Å². The molecule has 0 saturated carbocycles. The van der Waals surface area contributed by atoms with Gasteiger partial charge in [-0.15, -0.1) is 0 Å². The minimum absolute atomic E-state index is 0.327. The molecular weight excluding hydrogens is 277 g/mol. The molecule has 1 aliphatic heterocycles. The first-order valence-corrected chi connectivity index (χ1v) is 7.97. The Balaban J connectivity index is 1.91. The summed E-state index contributed by atoms with van der Waals surface area (Å²) in [6.07, 6.45) is 1.02. The molecule has 0 bridgehead atoms. The average molecular weight is 305 g/mol. The number of rotatable bonds is 7. The molecule has 1 saturated heterocycles. The van der Waals surface area contributed by atoms with Gasteiger partial charge in [0.2, 0.25) is 0 Å². The van der Waals surface area contributed by atoms with Crippen LogP contribution in [0, 0.1) is 0 Å². The topological polar surface area (TPSA) is 30.9 Å². The highest BCUT2D eigenvalue weighted by atomic mass is 16.7. The molecule has 122 valence electrons. The summed E-state index contributed by atoms with van der Waals surface area (Å²) in [6.45, 7) is 8.52. The molecule has 4 nitrogen and oxygen atoms in total. The summed E-state index contributed by atoms with van der Waals surface area (Å²) in [5, 5.41) is 0. The molecule has 1 heterocycles. The molecule has 22 heavy (non-hydrogen) atoms. The fourth-order valence-electron chi connectivity index (χ4n) is 2.50. The van der Waals surface area contributed by atoms with Gasteiger partial charge in [0.1, 0.15) is 5.60 Å². The standard InChI is InChI=1S/C17H28BNO3/c1-16(2)17(3,14-20-13-9-12-19(4)5)22-18(21-16)15-10-7-6-8-11-15/h6-8,10-11H,9,12-14H2,1-5H3. The fraction of sp³-hybridized carbons (Fsp3) is 0.647. The van der Waals surface area contributed by atoms with E-state index in [4.69, 9.17) is 14.0 Å². The first-order chi connectivity index (χ1) is 10.3. The molecule has 1 fully saturated rings. The van der Waals surface area contributed by atoms with E-state index in [0.717, 1.165) is 25.0 Å². The number of hydrogen-bond donors (Lipinski definition) is 0. The van der Waals surface area contributed by atoms with Crippen LogP contribution in [0.4, 0.5) is 0 Å². The zero-order valence-corrected chi connectivity index (χ0v) is 14.5. The van der Waals surface area contributed by atoms with E-state index >= 15 is 0 Å². The molecule has 0 radical (unpaired) electrons. The Kier molecular flexibility index (Phi) is 5.67. The summed E-state index contributed by atoms with van der Waals surface area (Å²) >= 11 is 0. The molecule has 0 spiro atoms. The lowest BCUT2D eigenvalue weighted by Crippen LogP contribution is -2.48. The lowest BCUT2D eigenvalue weighted by atomic mass is 9.79. The Hall–Kier alpha value is -0.875. The largest absolute Gasteiger partial charge is 0.494 e. The summed E-state index contributed by atoms with van der Waals surface area (Å²) in [5.41, 5.74) is 0.202. The summed E-state index contributed by atoms with van der Waals surface area (Å²) < 4.78 is 18.2. The van der Waals surface area contributed by atoms with Crippen molar-refractivity contribution in [1.29, 1.82) is 0 Å². The number of nitrogens with zero attached hydrogens (tertiary/aromatic N) is 1. The molecule has 1 aromatic carbocycles. The van der Waals surface area contributed by atoms with Crippen molar-refractivity contribution in [3.8, 4) is 0 Å². The fourth-order valence-corrected chi connectivity index (χ4v) is 2.50. The normalized spacial score (nSPS) is 24.2. The van der Waals surface area contributed by atoms with Crippen LogP contribution >= 0.6 is 0 Å². The van der Waals surface area contributed by atoms with E-state index in [1.807, 2.05) is 30.3 Å². The van der Waals surface area contributed by atoms with Crippen molar-refractivity contribution >= 4 is 12.6 Å². The molecule has 5 heteroatoms. The van der Waals surface area contributed by atoms with Gasteiger partial charge in [0.15, 0.2) is 0 Å². The van der Waals surface area contributed by atoms with E-state index in [1.54, 1.807) is 0 Å². The number of ether oxygens (including phenoxy) is 1. The monoisotopic (exact) mass is 305 g/mol. The second-order valence-electron chi connectivity index (χ2n) is 6.93. The smallest absolute Gasteiger partial charge is 0.399 e. The van der Waals surface area contributed by atoms with Crippen LogP contribution in [0.5, 0.6) is 0 Å². The Labute approximate surface area is 134 Å². The van der Waals surface area contributed by atoms with Gasteiger partial charge in [-0.25, -0.2) is 0 Å². The van der Waals surface area contributed by atoms with Crippen molar-refractivity contribution in [1.82, 2.24) is 4.90 Å². The van der Waals surface area contributed by atoms with Gasteiger partial charge in [-0.2, -0.15) is 0 Å². The van der Waals surface area contributed by atoms with Gasteiger partial charge in [-0.1, -0.05) is 30.3 Å². The van der Waals surface area contributed by atoms with Gasteiger partial charge in [-0.05, 0) is 53.3 Å². The van der Waals surface area contributed by atoms with Crippen LogP contribution < -0.4 is 5.46 Å². The average Bonchev–Trinajstić information content (AvgIpc) is 2.70. The van der Waals surface area contributed by atoms with E-state index in [-0.39, 0.29) is 7.12 Å². The summed E-state index contributed by atoms with van der Waals surface area (Å²) in [4.78, 5) is 2.16. The third-order valence-electron chi connectivity index (χ3n) is 4.39. The van der Waals surface area contributed by atoms with Gasteiger partial charge < -0.3 is 18.9 Å². The first kappa shape index (κ1) is 17.5. The van der Waals surface area contributed by atoms with Crippen LogP contribution in [0.25, 0.3) is 0 Å². The molecule has 1 atom stereocenters. The third kappa shape index (κ3) is 4.10. The van der Waals surface area contributed by atoms with Crippen molar-refractivity contribution < 1.29 is 14.0 Å². The molecular formula is C17H28BNO3. The van der Waals surface area contributed by atoms with Gasteiger partial charge in [0.25, 0.3) is 0 Å². The maximum atomic E-state index is 6.22. The number of hydrogen-bond acceptors (Lipinski definition) is 4. The minimum Gasteiger partial charge on any atom is -0.399 e. The zero-order valence-electron chi connectivity index (χ0n) is 14.5. The second-order valence-corrected chi connectivity index (χ2v) is 6.93. The van der Waals surface area contributed by atoms with Gasteiger partial charge in [0.05, 0.1) is 12.2 Å². The Morgan fingerprint density at radius 1 is 1.09 bits per heavy atom. The van der Waals surface area contributed by atoms with Crippen LogP contribution in [0.3, 0.4) is 0 Å². The van der Waals surface area contributed by atoms with Gasteiger partial charge in [0, 0.05) is 6.61 Å². The summed E-state index contributed by atoms with van der Waals surface area (Å²) in [6, 6.07) is 10.1. The molecule has 0 aliphatic carbocycles. The molecule has 1 unspecified atom stereocenters. The summed E-state index contributed by atoms with van der Waals surface area (Å²) in [5.74, 6) is 0. The lowest BCUT2D eigenvalue weighted by molar-refractivity contribution is -0.0713. The van der Waals surface area contributed by atoms with Crippen LogP contribution in [0.2, 0.25) is 0 Å². The molecule has 1 aliphatic rings. The number of benzene rings is 1. The molecule has 1 aromatic rings. The minimum atomic E-state index is -0.453. The van der Waals surface area contributed by atoms with E-state index in [9.17, 15) is 0 Å². The van der Waals surface area contributed by atoms with Crippen molar-refractivity contribution in [2.75, 3.05) is 33.9 Å². The lowest BCUT2D eigenvalue weighted by Gasteiger charge is -2.36. The maximum Gasteiger partial charge on any atom is 0.494 e. The van der Waals surface area contributed by atoms with E-state index in [2.05, 4.69) is 39.8 Å². The van der Waals surface area contributed by atoms with Crippen LogP contribution in [0.1, 0.15) is 27.2 Å². The summed E-state index contributed by atoms with van der Waals surface area (Å²) in [7, 11) is 3.82. The van der Waals surface area contributed by atoms with Crippen LogP contribution in [-0.2, 0) is 14.0 Å².